The first-order valence-electron chi connectivity index (χ1n) is 11.4. The molecule has 0 radical (unpaired) electrons. The smallest absolute Gasteiger partial charge is 0.253 e. The van der Waals surface area contributed by atoms with Crippen molar-refractivity contribution < 1.29 is 19.1 Å². The maximum atomic E-state index is 12.9. The van der Waals surface area contributed by atoms with Gasteiger partial charge in [-0.25, -0.2) is 4.98 Å². The lowest BCUT2D eigenvalue weighted by atomic mass is 10.1. The number of likely N-dealkylation sites (N-methyl/N-ethyl adjacent to an activating group) is 1. The van der Waals surface area contributed by atoms with Crippen LogP contribution in [-0.2, 0) is 11.2 Å². The van der Waals surface area contributed by atoms with Crippen molar-refractivity contribution in [2.45, 2.75) is 19.8 Å². The predicted molar refractivity (Wildman–Crippen MR) is 134 cm³/mol. The van der Waals surface area contributed by atoms with Gasteiger partial charge >= 0.3 is 0 Å². The summed E-state index contributed by atoms with van der Waals surface area (Å²) in [6.45, 7) is 5.72. The van der Waals surface area contributed by atoms with Gasteiger partial charge in [0.05, 0.1) is 23.9 Å². The lowest BCUT2D eigenvalue weighted by Gasteiger charge is -2.32. The van der Waals surface area contributed by atoms with Gasteiger partial charge in [0.15, 0.2) is 16.6 Å². The van der Waals surface area contributed by atoms with Gasteiger partial charge in [-0.15, -0.1) is 0 Å². The Balaban J connectivity index is 1.36. The molecule has 0 unspecified atom stereocenters. The fourth-order valence-corrected chi connectivity index (χ4v) is 4.81. The second-order valence-electron chi connectivity index (χ2n) is 8.26. The third-order valence-corrected chi connectivity index (χ3v) is 6.77. The highest BCUT2D eigenvalue weighted by atomic mass is 32.1. The standard InChI is InChI=1S/C25H30N4O4S/c1-4-33-20-9-5-17(15-21(20)32-3)6-10-23(30)27-25-26-19-8-7-18(16-22(19)34-25)24(31)29-13-11-28(2)12-14-29/h5,7-9,15-16H,4,6,10-14H2,1-3H3,(H,26,27,30). The molecule has 2 amide bonds. The molecule has 1 aliphatic rings. The summed E-state index contributed by atoms with van der Waals surface area (Å²) in [6, 6.07) is 11.2. The molecule has 0 bridgehead atoms. The fraction of sp³-hybridized carbons (Fsp3) is 0.400. The zero-order valence-electron chi connectivity index (χ0n) is 19.8. The summed E-state index contributed by atoms with van der Waals surface area (Å²) in [6.07, 6.45) is 0.892. The number of methoxy groups -OCH3 is 1. The Hall–Kier alpha value is -3.17. The normalized spacial score (nSPS) is 14.3. The minimum atomic E-state index is -0.111. The molecule has 34 heavy (non-hydrogen) atoms. The molecule has 1 N–H and O–H groups in total. The number of piperazine rings is 1. The minimum absolute atomic E-state index is 0.0415. The zero-order valence-corrected chi connectivity index (χ0v) is 20.6. The molecule has 4 rings (SSSR count). The number of nitrogens with zero attached hydrogens (tertiary/aromatic N) is 3. The highest BCUT2D eigenvalue weighted by molar-refractivity contribution is 7.22. The first-order valence-corrected chi connectivity index (χ1v) is 12.3. The van der Waals surface area contributed by atoms with Crippen molar-refractivity contribution >= 4 is 38.5 Å². The van der Waals surface area contributed by atoms with E-state index in [0.717, 1.165) is 42.0 Å². The van der Waals surface area contributed by atoms with Gasteiger partial charge in [-0.05, 0) is 56.3 Å². The van der Waals surface area contributed by atoms with Crippen LogP contribution in [0, 0.1) is 0 Å². The second-order valence-corrected chi connectivity index (χ2v) is 9.29. The van der Waals surface area contributed by atoms with E-state index in [-0.39, 0.29) is 11.8 Å². The number of hydrogen-bond acceptors (Lipinski definition) is 7. The summed E-state index contributed by atoms with van der Waals surface area (Å²) in [4.78, 5) is 34.0. The molecule has 0 saturated carbocycles. The van der Waals surface area contributed by atoms with Crippen LogP contribution in [0.4, 0.5) is 5.13 Å². The lowest BCUT2D eigenvalue weighted by molar-refractivity contribution is -0.116. The predicted octanol–water partition coefficient (Wildman–Crippen LogP) is 3.66. The zero-order chi connectivity index (χ0) is 24.1. The lowest BCUT2D eigenvalue weighted by Crippen LogP contribution is -2.47. The van der Waals surface area contributed by atoms with Gasteiger partial charge in [-0.3, -0.25) is 9.59 Å². The fourth-order valence-electron chi connectivity index (χ4n) is 3.89. The Kier molecular flexibility index (Phi) is 7.64. The number of nitrogens with one attached hydrogen (secondary N) is 1. The third-order valence-electron chi connectivity index (χ3n) is 5.84. The summed E-state index contributed by atoms with van der Waals surface area (Å²) in [5.41, 5.74) is 2.42. The topological polar surface area (TPSA) is 84.0 Å². The van der Waals surface area contributed by atoms with Crippen molar-refractivity contribution in [3.05, 3.63) is 47.5 Å². The maximum absolute atomic E-state index is 12.9. The first kappa shape index (κ1) is 24.0. The number of hydrogen-bond donors (Lipinski definition) is 1. The number of ether oxygens (including phenoxy) is 2. The number of amides is 2. The van der Waals surface area contributed by atoms with Crippen LogP contribution < -0.4 is 14.8 Å². The summed E-state index contributed by atoms with van der Waals surface area (Å²) < 4.78 is 11.8. The number of aryl methyl sites for hydroxylation is 1. The van der Waals surface area contributed by atoms with Crippen LogP contribution in [0.25, 0.3) is 10.2 Å². The van der Waals surface area contributed by atoms with Crippen molar-refractivity contribution in [1.82, 2.24) is 14.8 Å². The molecular formula is C25H30N4O4S. The van der Waals surface area contributed by atoms with Crippen LogP contribution in [-0.4, -0.2) is 73.5 Å². The van der Waals surface area contributed by atoms with Crippen molar-refractivity contribution in [2.75, 3.05) is 52.3 Å². The van der Waals surface area contributed by atoms with Crippen LogP contribution in [0.5, 0.6) is 11.5 Å². The van der Waals surface area contributed by atoms with Crippen LogP contribution in [0.1, 0.15) is 29.3 Å². The Bertz CT molecular complexity index is 1170. The SMILES string of the molecule is CCOc1ccc(CCC(=O)Nc2nc3ccc(C(=O)N4CCN(C)CC4)cc3s2)cc1OC. The summed E-state index contributed by atoms with van der Waals surface area (Å²) in [5, 5.41) is 3.43. The van der Waals surface area contributed by atoms with Crippen molar-refractivity contribution in [1.29, 1.82) is 0 Å². The quantitative estimate of drug-likeness (QED) is 0.528. The van der Waals surface area contributed by atoms with E-state index in [1.54, 1.807) is 7.11 Å². The molecule has 2 heterocycles. The summed E-state index contributed by atoms with van der Waals surface area (Å²) >= 11 is 1.38. The number of carbonyl (C=O) groups excluding carboxylic acids is 2. The Morgan fingerprint density at radius 1 is 1.09 bits per heavy atom. The van der Waals surface area contributed by atoms with Crippen molar-refractivity contribution in [3.63, 3.8) is 0 Å². The second kappa shape index (κ2) is 10.8. The Morgan fingerprint density at radius 2 is 1.88 bits per heavy atom. The molecule has 8 nitrogen and oxygen atoms in total. The molecule has 0 spiro atoms. The first-order chi connectivity index (χ1) is 16.5. The van der Waals surface area contributed by atoms with Gasteiger partial charge in [0.1, 0.15) is 0 Å². The van der Waals surface area contributed by atoms with Gasteiger partial charge < -0.3 is 24.6 Å². The molecule has 1 aliphatic heterocycles. The van der Waals surface area contributed by atoms with Crippen LogP contribution in [0.2, 0.25) is 0 Å². The van der Waals surface area contributed by atoms with E-state index in [9.17, 15) is 9.59 Å². The monoisotopic (exact) mass is 482 g/mol. The third kappa shape index (κ3) is 5.66. The molecule has 180 valence electrons. The molecule has 9 heteroatoms. The highest BCUT2D eigenvalue weighted by Crippen LogP contribution is 2.29. The van der Waals surface area contributed by atoms with Crippen molar-refractivity contribution in [2.24, 2.45) is 0 Å². The van der Waals surface area contributed by atoms with Gasteiger partial charge in [-0.2, -0.15) is 0 Å². The molecular weight excluding hydrogens is 452 g/mol. The largest absolute Gasteiger partial charge is 0.493 e. The van der Waals surface area contributed by atoms with Gasteiger partial charge in [0.25, 0.3) is 5.91 Å². The molecule has 0 aliphatic carbocycles. The van der Waals surface area contributed by atoms with E-state index in [1.807, 2.05) is 48.2 Å². The molecule has 3 aromatic rings. The van der Waals surface area contributed by atoms with Crippen molar-refractivity contribution in [3.8, 4) is 11.5 Å². The minimum Gasteiger partial charge on any atom is -0.493 e. The number of rotatable bonds is 8. The number of benzene rings is 2. The summed E-state index contributed by atoms with van der Waals surface area (Å²) in [7, 11) is 3.67. The molecule has 0 atom stereocenters. The number of anilines is 1. The van der Waals surface area contributed by atoms with Gasteiger partial charge in [0.2, 0.25) is 5.91 Å². The number of thiazole rings is 1. The maximum Gasteiger partial charge on any atom is 0.253 e. The molecule has 1 fully saturated rings. The van der Waals surface area contributed by atoms with E-state index in [2.05, 4.69) is 22.2 Å². The average molecular weight is 483 g/mol. The highest BCUT2D eigenvalue weighted by Gasteiger charge is 2.21. The van der Waals surface area contributed by atoms with Crippen LogP contribution in [0.15, 0.2) is 36.4 Å². The van der Waals surface area contributed by atoms with E-state index < -0.39 is 0 Å². The average Bonchev–Trinajstić information content (AvgIpc) is 3.25. The van der Waals surface area contributed by atoms with Gasteiger partial charge in [-0.1, -0.05) is 17.4 Å². The van der Waals surface area contributed by atoms with Crippen LogP contribution >= 0.6 is 11.3 Å². The number of carbonyl (C=O) groups is 2. The van der Waals surface area contributed by atoms with Crippen LogP contribution in [0.3, 0.4) is 0 Å². The molecule has 2 aromatic carbocycles. The van der Waals surface area contributed by atoms with E-state index >= 15 is 0 Å². The number of fused-ring (bicyclic) bond motifs is 1. The Morgan fingerprint density at radius 3 is 2.62 bits per heavy atom. The Labute approximate surface area is 203 Å². The summed E-state index contributed by atoms with van der Waals surface area (Å²) in [5.74, 6) is 1.28. The van der Waals surface area contributed by atoms with E-state index in [0.29, 0.717) is 41.6 Å². The molecule has 1 saturated heterocycles. The molecule has 1 aromatic heterocycles. The van der Waals surface area contributed by atoms with E-state index in [4.69, 9.17) is 9.47 Å². The van der Waals surface area contributed by atoms with Gasteiger partial charge in [0, 0.05) is 38.2 Å². The number of aromatic nitrogens is 1. The van der Waals surface area contributed by atoms with E-state index in [1.165, 1.54) is 11.3 Å².